The van der Waals surface area contributed by atoms with Gasteiger partial charge in [-0.2, -0.15) is 10.1 Å². The van der Waals surface area contributed by atoms with Crippen LogP contribution in [0.15, 0.2) is 18.3 Å². The third-order valence-corrected chi connectivity index (χ3v) is 5.46. The summed E-state index contributed by atoms with van der Waals surface area (Å²) in [6.45, 7) is 0.616. The Labute approximate surface area is 138 Å². The van der Waals surface area contributed by atoms with Crippen LogP contribution in [0.3, 0.4) is 0 Å². The topological polar surface area (TPSA) is 113 Å². The van der Waals surface area contributed by atoms with Crippen molar-refractivity contribution in [3.8, 4) is 0 Å². The molecule has 124 valence electrons. The maximum Gasteiger partial charge on any atom is 0.227 e. The molecule has 2 saturated heterocycles. The van der Waals surface area contributed by atoms with Crippen LogP contribution in [0.5, 0.6) is 0 Å². The number of nitrogens with zero attached hydrogens (tertiary/aromatic N) is 4. The smallest absolute Gasteiger partial charge is 0.227 e. The Bertz CT molecular complexity index is 806. The average molecular weight is 325 g/mol. The molecule has 0 atom stereocenters. The van der Waals surface area contributed by atoms with E-state index in [9.17, 15) is 4.79 Å². The molecule has 2 bridgehead atoms. The number of hydrogen-bond acceptors (Lipinski definition) is 6. The van der Waals surface area contributed by atoms with E-state index in [0.717, 1.165) is 18.7 Å². The largest absolute Gasteiger partial charge is 0.369 e. The van der Waals surface area contributed by atoms with E-state index in [4.69, 9.17) is 5.73 Å². The quantitative estimate of drug-likeness (QED) is 0.763. The first-order valence-corrected chi connectivity index (χ1v) is 8.35. The second kappa shape index (κ2) is 4.68. The van der Waals surface area contributed by atoms with E-state index in [0.29, 0.717) is 30.3 Å². The molecular formula is C16H19N7O. The van der Waals surface area contributed by atoms with Gasteiger partial charge in [0, 0.05) is 36.5 Å². The van der Waals surface area contributed by atoms with Crippen molar-refractivity contribution < 1.29 is 4.79 Å². The standard InChI is InChI=1S/C16H19N7O/c17-14(24)16-6-10(7-16)23(8-16)15-18-4-3-12(20-15)19-13-5-11(21-22-13)9-1-2-9/h3-5,9-10H,1-2,6-8H2,(H2,17,24)(H2,18,19,20,21,22). The van der Waals surface area contributed by atoms with Crippen LogP contribution in [-0.2, 0) is 4.79 Å². The number of carbonyl (C=O) groups is 1. The number of aromatic amines is 1. The van der Waals surface area contributed by atoms with Crippen molar-refractivity contribution in [1.29, 1.82) is 0 Å². The highest BCUT2D eigenvalue weighted by molar-refractivity contribution is 5.84. The van der Waals surface area contributed by atoms with Gasteiger partial charge in [0.1, 0.15) is 5.82 Å². The lowest BCUT2D eigenvalue weighted by Gasteiger charge is -2.33. The molecule has 0 spiro atoms. The minimum atomic E-state index is -0.376. The molecule has 2 aliphatic heterocycles. The SMILES string of the molecule is NC(=O)C12CC(C1)N(c1nccc(Nc3cc(C4CC4)[nH]n3)n1)C2. The number of fused-ring (bicyclic) bond motifs is 1. The number of amides is 1. The lowest BCUT2D eigenvalue weighted by molar-refractivity contribution is -0.129. The molecular weight excluding hydrogens is 306 g/mol. The van der Waals surface area contributed by atoms with E-state index in [1.807, 2.05) is 12.1 Å². The number of nitrogens with two attached hydrogens (primary N) is 1. The van der Waals surface area contributed by atoms with E-state index < -0.39 is 0 Å². The summed E-state index contributed by atoms with van der Waals surface area (Å²) in [6, 6.07) is 4.17. The summed E-state index contributed by atoms with van der Waals surface area (Å²) in [4.78, 5) is 22.7. The molecule has 4 N–H and O–H groups in total. The predicted octanol–water partition coefficient (Wildman–Crippen LogP) is 1.27. The predicted molar refractivity (Wildman–Crippen MR) is 87.9 cm³/mol. The molecule has 2 aromatic heterocycles. The van der Waals surface area contributed by atoms with Crippen molar-refractivity contribution in [3.63, 3.8) is 0 Å². The zero-order valence-corrected chi connectivity index (χ0v) is 13.2. The van der Waals surface area contributed by atoms with E-state index in [-0.39, 0.29) is 11.3 Å². The van der Waals surface area contributed by atoms with Gasteiger partial charge < -0.3 is 16.0 Å². The summed E-state index contributed by atoms with van der Waals surface area (Å²) in [5, 5.41) is 10.6. The van der Waals surface area contributed by atoms with Gasteiger partial charge in [-0.3, -0.25) is 9.89 Å². The number of anilines is 3. The zero-order valence-electron chi connectivity index (χ0n) is 13.2. The first-order valence-electron chi connectivity index (χ1n) is 8.35. The van der Waals surface area contributed by atoms with E-state index in [1.54, 1.807) is 6.20 Å². The van der Waals surface area contributed by atoms with Gasteiger partial charge in [-0.25, -0.2) is 4.98 Å². The van der Waals surface area contributed by atoms with Gasteiger partial charge in [-0.05, 0) is 31.7 Å². The van der Waals surface area contributed by atoms with Crippen LogP contribution < -0.4 is 16.0 Å². The Morgan fingerprint density at radius 2 is 2.21 bits per heavy atom. The first-order chi connectivity index (χ1) is 11.6. The molecule has 8 nitrogen and oxygen atoms in total. The Morgan fingerprint density at radius 1 is 1.38 bits per heavy atom. The molecule has 4 heterocycles. The van der Waals surface area contributed by atoms with Crippen LogP contribution >= 0.6 is 0 Å². The second-order valence-electron chi connectivity index (χ2n) is 7.18. The van der Waals surface area contributed by atoms with E-state index in [1.165, 1.54) is 18.5 Å². The molecule has 4 fully saturated rings. The second-order valence-corrected chi connectivity index (χ2v) is 7.18. The Morgan fingerprint density at radius 3 is 2.92 bits per heavy atom. The van der Waals surface area contributed by atoms with Gasteiger partial charge in [0.15, 0.2) is 5.82 Å². The fourth-order valence-corrected chi connectivity index (χ4v) is 3.85. The molecule has 1 amide bonds. The number of carbonyl (C=O) groups excluding carboxylic acids is 1. The summed E-state index contributed by atoms with van der Waals surface area (Å²) in [7, 11) is 0. The number of primary amides is 1. The van der Waals surface area contributed by atoms with Gasteiger partial charge in [0.2, 0.25) is 11.9 Å². The molecule has 2 saturated carbocycles. The highest BCUT2D eigenvalue weighted by atomic mass is 16.1. The van der Waals surface area contributed by atoms with E-state index in [2.05, 4.69) is 30.4 Å². The minimum absolute atomic E-state index is 0.209. The highest BCUT2D eigenvalue weighted by Gasteiger charge is 2.59. The molecule has 0 unspecified atom stereocenters. The van der Waals surface area contributed by atoms with Gasteiger partial charge in [0.25, 0.3) is 0 Å². The Kier molecular flexibility index (Phi) is 2.69. The van der Waals surface area contributed by atoms with Crippen molar-refractivity contribution in [1.82, 2.24) is 20.2 Å². The normalized spacial score (nSPS) is 27.8. The summed E-state index contributed by atoms with van der Waals surface area (Å²) in [5.41, 5.74) is 6.34. The lowest BCUT2D eigenvalue weighted by Crippen LogP contribution is -2.44. The van der Waals surface area contributed by atoms with Crippen LogP contribution in [0.1, 0.15) is 37.3 Å². The fourth-order valence-electron chi connectivity index (χ4n) is 3.85. The third-order valence-electron chi connectivity index (χ3n) is 5.46. The Hall–Kier alpha value is -2.64. The lowest BCUT2D eigenvalue weighted by atomic mass is 9.70. The molecule has 2 aromatic rings. The number of nitrogens with one attached hydrogen (secondary N) is 2. The monoisotopic (exact) mass is 325 g/mol. The molecule has 0 aromatic carbocycles. The molecule has 8 heteroatoms. The van der Waals surface area contributed by atoms with Crippen LogP contribution in [0, 0.1) is 5.41 Å². The maximum atomic E-state index is 11.6. The molecule has 24 heavy (non-hydrogen) atoms. The summed E-state index contributed by atoms with van der Waals surface area (Å²) in [5.74, 6) is 2.53. The number of rotatable bonds is 5. The Balaban J connectivity index is 1.34. The van der Waals surface area contributed by atoms with Gasteiger partial charge in [-0.1, -0.05) is 0 Å². The molecule has 2 aliphatic carbocycles. The number of H-pyrrole nitrogens is 1. The maximum absolute atomic E-state index is 11.6. The van der Waals surface area contributed by atoms with Gasteiger partial charge >= 0.3 is 0 Å². The van der Waals surface area contributed by atoms with Crippen molar-refractivity contribution in [2.45, 2.75) is 37.6 Å². The first kappa shape index (κ1) is 13.8. The van der Waals surface area contributed by atoms with Crippen molar-refractivity contribution in [2.24, 2.45) is 11.1 Å². The molecule has 4 aliphatic rings. The van der Waals surface area contributed by atoms with Crippen LogP contribution in [0.25, 0.3) is 0 Å². The van der Waals surface area contributed by atoms with Crippen LogP contribution in [0.4, 0.5) is 17.6 Å². The van der Waals surface area contributed by atoms with Crippen molar-refractivity contribution in [2.75, 3.05) is 16.8 Å². The van der Waals surface area contributed by atoms with Gasteiger partial charge in [0.05, 0.1) is 5.41 Å². The van der Waals surface area contributed by atoms with Crippen molar-refractivity contribution in [3.05, 3.63) is 24.0 Å². The average Bonchev–Trinajstić information content (AvgIpc) is 3.01. The third kappa shape index (κ3) is 2.05. The highest BCUT2D eigenvalue weighted by Crippen LogP contribution is 2.52. The van der Waals surface area contributed by atoms with Crippen LogP contribution in [-0.4, -0.2) is 38.7 Å². The fraction of sp³-hybridized carbons (Fsp3) is 0.500. The number of aromatic nitrogens is 4. The van der Waals surface area contributed by atoms with Crippen LogP contribution in [0.2, 0.25) is 0 Å². The van der Waals surface area contributed by atoms with Gasteiger partial charge in [-0.15, -0.1) is 0 Å². The minimum Gasteiger partial charge on any atom is -0.369 e. The molecule has 0 radical (unpaired) electrons. The van der Waals surface area contributed by atoms with Crippen molar-refractivity contribution >= 4 is 23.5 Å². The zero-order chi connectivity index (χ0) is 16.3. The molecule has 6 rings (SSSR count). The number of hydrogen-bond donors (Lipinski definition) is 3. The van der Waals surface area contributed by atoms with E-state index >= 15 is 0 Å². The summed E-state index contributed by atoms with van der Waals surface area (Å²) >= 11 is 0. The summed E-state index contributed by atoms with van der Waals surface area (Å²) in [6.07, 6.45) is 5.82. The summed E-state index contributed by atoms with van der Waals surface area (Å²) < 4.78 is 0.